The molecule has 1 aliphatic rings. The molecule has 3 atom stereocenters. The molecular formula is C20H18F3N3O2S. The Bertz CT molecular complexity index is 1110. The third kappa shape index (κ3) is 3.92. The predicted octanol–water partition coefficient (Wildman–Crippen LogP) is 3.97. The lowest BCUT2D eigenvalue weighted by molar-refractivity contribution is -0.137. The summed E-state index contributed by atoms with van der Waals surface area (Å²) in [7, 11) is -3.75. The molecule has 1 heterocycles. The second-order valence-corrected chi connectivity index (χ2v) is 8.82. The highest BCUT2D eigenvalue weighted by atomic mass is 32.2. The van der Waals surface area contributed by atoms with E-state index in [1.54, 1.807) is 0 Å². The molecule has 5 nitrogen and oxygen atoms in total. The number of hydrogen-bond acceptors (Lipinski definition) is 3. The molecule has 1 saturated carbocycles. The molecule has 2 aromatic carbocycles. The second-order valence-electron chi connectivity index (χ2n) is 7.11. The lowest BCUT2D eigenvalue weighted by atomic mass is 10.1. The van der Waals surface area contributed by atoms with Crippen molar-refractivity contribution in [3.05, 3.63) is 78.1 Å². The Kier molecular flexibility index (Phi) is 4.74. The van der Waals surface area contributed by atoms with Crippen LogP contribution in [0.1, 0.15) is 24.0 Å². The van der Waals surface area contributed by atoms with Crippen molar-refractivity contribution in [2.75, 3.05) is 0 Å². The number of rotatable bonds is 5. The molecule has 4 rings (SSSR count). The first-order valence-electron chi connectivity index (χ1n) is 8.96. The van der Waals surface area contributed by atoms with Gasteiger partial charge in [0.2, 0.25) is 10.0 Å². The Morgan fingerprint density at radius 1 is 1.03 bits per heavy atom. The normalized spacial score (nSPS) is 21.9. The van der Waals surface area contributed by atoms with Gasteiger partial charge in [0.15, 0.2) is 0 Å². The SMILES string of the molecule is C[C@H]1[C@H](NS(=O)(=O)c2ccc(-n3cc(C(F)(F)F)cn3)cc2)[C@H]1c1ccccc1. The van der Waals surface area contributed by atoms with Crippen molar-refractivity contribution >= 4 is 10.0 Å². The van der Waals surface area contributed by atoms with E-state index in [1.165, 1.54) is 24.3 Å². The number of halogens is 3. The first-order chi connectivity index (χ1) is 13.7. The van der Waals surface area contributed by atoms with E-state index in [-0.39, 0.29) is 22.8 Å². The number of sulfonamides is 1. The van der Waals surface area contributed by atoms with Gasteiger partial charge in [0.05, 0.1) is 22.3 Å². The maximum Gasteiger partial charge on any atom is 0.419 e. The van der Waals surface area contributed by atoms with Crippen molar-refractivity contribution in [3.8, 4) is 5.69 Å². The lowest BCUT2D eigenvalue weighted by Crippen LogP contribution is -2.27. The number of alkyl halides is 3. The monoisotopic (exact) mass is 421 g/mol. The van der Waals surface area contributed by atoms with E-state index >= 15 is 0 Å². The summed E-state index contributed by atoms with van der Waals surface area (Å²) in [6, 6.07) is 15.1. The zero-order chi connectivity index (χ0) is 20.8. The minimum atomic E-state index is -4.48. The van der Waals surface area contributed by atoms with Gasteiger partial charge in [0.1, 0.15) is 0 Å². The molecular weight excluding hydrogens is 403 g/mol. The number of nitrogens with one attached hydrogen (secondary N) is 1. The van der Waals surface area contributed by atoms with E-state index in [0.717, 1.165) is 22.6 Å². The van der Waals surface area contributed by atoms with Crippen LogP contribution in [0.5, 0.6) is 0 Å². The van der Waals surface area contributed by atoms with Gasteiger partial charge in [-0.2, -0.15) is 18.3 Å². The fourth-order valence-corrected chi connectivity index (χ4v) is 4.82. The molecule has 0 aliphatic heterocycles. The fourth-order valence-electron chi connectivity index (χ4n) is 3.47. The van der Waals surface area contributed by atoms with Crippen LogP contribution in [0.25, 0.3) is 5.69 Å². The number of benzene rings is 2. The van der Waals surface area contributed by atoms with E-state index in [0.29, 0.717) is 5.69 Å². The molecule has 3 aromatic rings. The summed E-state index contributed by atoms with van der Waals surface area (Å²) >= 11 is 0. The molecule has 1 aliphatic carbocycles. The van der Waals surface area contributed by atoms with Gasteiger partial charge < -0.3 is 0 Å². The summed E-state index contributed by atoms with van der Waals surface area (Å²) in [6.07, 6.45) is -2.90. The lowest BCUT2D eigenvalue weighted by Gasteiger charge is -2.08. The molecule has 1 aromatic heterocycles. The van der Waals surface area contributed by atoms with Crippen LogP contribution in [-0.2, 0) is 16.2 Å². The minimum Gasteiger partial charge on any atom is -0.240 e. The van der Waals surface area contributed by atoms with Gasteiger partial charge in [-0.15, -0.1) is 0 Å². The number of hydrogen-bond donors (Lipinski definition) is 1. The van der Waals surface area contributed by atoms with Crippen LogP contribution < -0.4 is 4.72 Å². The van der Waals surface area contributed by atoms with Gasteiger partial charge in [0.25, 0.3) is 0 Å². The van der Waals surface area contributed by atoms with Crippen LogP contribution in [0.3, 0.4) is 0 Å². The first-order valence-corrected chi connectivity index (χ1v) is 10.4. The van der Waals surface area contributed by atoms with Crippen LogP contribution >= 0.6 is 0 Å². The van der Waals surface area contributed by atoms with E-state index in [2.05, 4.69) is 9.82 Å². The van der Waals surface area contributed by atoms with Crippen LogP contribution in [0.4, 0.5) is 13.2 Å². The molecule has 0 spiro atoms. The second kappa shape index (κ2) is 7.00. The van der Waals surface area contributed by atoms with Crippen molar-refractivity contribution in [2.24, 2.45) is 5.92 Å². The van der Waals surface area contributed by atoms with Crippen LogP contribution in [-0.4, -0.2) is 24.2 Å². The number of nitrogens with zero attached hydrogens (tertiary/aromatic N) is 2. The molecule has 29 heavy (non-hydrogen) atoms. The Labute approximate surface area is 166 Å². The molecule has 0 saturated heterocycles. The highest BCUT2D eigenvalue weighted by Crippen LogP contribution is 2.47. The molecule has 0 bridgehead atoms. The van der Waals surface area contributed by atoms with Crippen molar-refractivity contribution in [1.29, 1.82) is 0 Å². The van der Waals surface area contributed by atoms with Gasteiger partial charge in [-0.3, -0.25) is 0 Å². The van der Waals surface area contributed by atoms with Gasteiger partial charge in [-0.1, -0.05) is 37.3 Å². The van der Waals surface area contributed by atoms with Gasteiger partial charge in [0, 0.05) is 18.2 Å². The van der Waals surface area contributed by atoms with Gasteiger partial charge >= 0.3 is 6.18 Å². The average molecular weight is 421 g/mol. The highest BCUT2D eigenvalue weighted by Gasteiger charge is 2.49. The van der Waals surface area contributed by atoms with Crippen molar-refractivity contribution < 1.29 is 21.6 Å². The third-order valence-electron chi connectivity index (χ3n) is 5.18. The van der Waals surface area contributed by atoms with E-state index < -0.39 is 21.8 Å². The van der Waals surface area contributed by atoms with Crippen molar-refractivity contribution in [3.63, 3.8) is 0 Å². The molecule has 0 radical (unpaired) electrons. The summed E-state index contributed by atoms with van der Waals surface area (Å²) in [5.74, 6) is 0.298. The molecule has 152 valence electrons. The zero-order valence-corrected chi connectivity index (χ0v) is 16.2. The van der Waals surface area contributed by atoms with Crippen molar-refractivity contribution in [2.45, 2.75) is 30.0 Å². The highest BCUT2D eigenvalue weighted by molar-refractivity contribution is 7.89. The quantitative estimate of drug-likeness (QED) is 0.678. The van der Waals surface area contributed by atoms with E-state index in [4.69, 9.17) is 0 Å². The largest absolute Gasteiger partial charge is 0.419 e. The predicted molar refractivity (Wildman–Crippen MR) is 101 cm³/mol. The summed E-state index contributed by atoms with van der Waals surface area (Å²) in [6.45, 7) is 1.99. The molecule has 0 amide bonds. The Morgan fingerprint density at radius 2 is 1.69 bits per heavy atom. The maximum atomic E-state index is 12.7. The molecule has 9 heteroatoms. The first kappa shape index (κ1) is 19.7. The topological polar surface area (TPSA) is 64.0 Å². The Morgan fingerprint density at radius 3 is 2.28 bits per heavy atom. The van der Waals surface area contributed by atoms with Gasteiger partial charge in [-0.25, -0.2) is 17.8 Å². The Balaban J connectivity index is 1.49. The van der Waals surface area contributed by atoms with Crippen LogP contribution in [0.15, 0.2) is 71.9 Å². The third-order valence-corrected chi connectivity index (χ3v) is 6.65. The Hall–Kier alpha value is -2.65. The van der Waals surface area contributed by atoms with E-state index in [9.17, 15) is 21.6 Å². The summed E-state index contributed by atoms with van der Waals surface area (Å²) in [5.41, 5.74) is 0.550. The standard InChI is InChI=1S/C20H18F3N3O2S/c1-13-18(14-5-3-2-4-6-14)19(13)25-29(27,28)17-9-7-16(8-10-17)26-12-15(11-24-26)20(21,22)23/h2-13,18-19,25H,1H3/t13-,18-,19+/m1/s1. The minimum absolute atomic E-state index is 0.0513. The van der Waals surface area contributed by atoms with Crippen molar-refractivity contribution in [1.82, 2.24) is 14.5 Å². The maximum absolute atomic E-state index is 12.7. The summed E-state index contributed by atoms with van der Waals surface area (Å²) in [4.78, 5) is 0.0513. The van der Waals surface area contributed by atoms with Gasteiger partial charge in [-0.05, 0) is 35.7 Å². The summed E-state index contributed by atoms with van der Waals surface area (Å²) in [5, 5.41) is 3.69. The molecule has 1 fully saturated rings. The molecule has 1 N–H and O–H groups in total. The molecule has 0 unspecified atom stereocenters. The average Bonchev–Trinajstić information content (AvgIpc) is 3.08. The zero-order valence-electron chi connectivity index (χ0n) is 15.3. The van der Waals surface area contributed by atoms with Crippen LogP contribution in [0, 0.1) is 5.92 Å². The fraction of sp³-hybridized carbons (Fsp3) is 0.250. The smallest absolute Gasteiger partial charge is 0.240 e. The summed E-state index contributed by atoms with van der Waals surface area (Å²) < 4.78 is 67.3. The van der Waals surface area contributed by atoms with Crippen LogP contribution in [0.2, 0.25) is 0 Å². The number of aromatic nitrogens is 2. The van der Waals surface area contributed by atoms with E-state index in [1.807, 2.05) is 37.3 Å².